The van der Waals surface area contributed by atoms with Gasteiger partial charge in [-0.1, -0.05) is 24.3 Å². The van der Waals surface area contributed by atoms with E-state index in [1.807, 2.05) is 18.2 Å². The van der Waals surface area contributed by atoms with Crippen molar-refractivity contribution in [3.63, 3.8) is 0 Å². The number of rotatable bonds is 7. The SMILES string of the molecule is O=C(c1cnc2ccccc2n1)N(Cc1ccc(-c2ccc(OC(F)F)cc2)s1)c1ccccc1F. The van der Waals surface area contributed by atoms with Crippen molar-refractivity contribution < 1.29 is 22.7 Å². The van der Waals surface area contributed by atoms with Crippen LogP contribution in [0.3, 0.4) is 0 Å². The van der Waals surface area contributed by atoms with Crippen molar-refractivity contribution in [3.8, 4) is 16.2 Å². The maximum absolute atomic E-state index is 14.8. The van der Waals surface area contributed by atoms with Crippen molar-refractivity contribution in [3.05, 3.63) is 108 Å². The molecule has 36 heavy (non-hydrogen) atoms. The molecule has 0 atom stereocenters. The Balaban J connectivity index is 1.45. The summed E-state index contributed by atoms with van der Waals surface area (Å²) in [4.78, 5) is 25.3. The van der Waals surface area contributed by atoms with Gasteiger partial charge in [0.05, 0.1) is 29.5 Å². The van der Waals surface area contributed by atoms with Gasteiger partial charge in [-0.05, 0) is 66.2 Å². The molecule has 0 aliphatic rings. The minimum atomic E-state index is -2.89. The summed E-state index contributed by atoms with van der Waals surface area (Å²) in [6.07, 6.45) is 1.39. The van der Waals surface area contributed by atoms with E-state index in [-0.39, 0.29) is 23.7 Å². The van der Waals surface area contributed by atoms with Gasteiger partial charge in [-0.25, -0.2) is 9.37 Å². The Hall–Kier alpha value is -4.24. The molecule has 0 saturated carbocycles. The maximum Gasteiger partial charge on any atom is 0.387 e. The standard InChI is InChI=1S/C27H18F3N3O2S/c28-20-5-1-4-8-24(20)33(26(34)23-15-31-21-6-2-3-7-22(21)32-23)16-19-13-14-25(36-19)17-9-11-18(12-10-17)35-27(29)30/h1-15,27H,16H2. The number of aromatic nitrogens is 2. The number of hydrogen-bond donors (Lipinski definition) is 0. The minimum Gasteiger partial charge on any atom is -0.435 e. The normalized spacial score (nSPS) is 11.1. The average molecular weight is 506 g/mol. The van der Waals surface area contributed by atoms with Crippen molar-refractivity contribution in [2.45, 2.75) is 13.2 Å². The summed E-state index contributed by atoms with van der Waals surface area (Å²) in [5, 5.41) is 0. The predicted octanol–water partition coefficient (Wildman–Crippen LogP) is 6.95. The van der Waals surface area contributed by atoms with Gasteiger partial charge in [0.1, 0.15) is 17.3 Å². The van der Waals surface area contributed by atoms with E-state index in [2.05, 4.69) is 14.7 Å². The van der Waals surface area contributed by atoms with Crippen LogP contribution in [0.4, 0.5) is 18.9 Å². The predicted molar refractivity (Wildman–Crippen MR) is 133 cm³/mol. The molecule has 0 bridgehead atoms. The maximum atomic E-state index is 14.8. The van der Waals surface area contributed by atoms with E-state index in [9.17, 15) is 18.0 Å². The lowest BCUT2D eigenvalue weighted by Gasteiger charge is -2.22. The molecule has 0 radical (unpaired) electrons. The van der Waals surface area contributed by atoms with Crippen LogP contribution in [-0.2, 0) is 6.54 Å². The van der Waals surface area contributed by atoms with Gasteiger partial charge in [0.2, 0.25) is 0 Å². The first-order valence-corrected chi connectivity index (χ1v) is 11.7. The minimum absolute atomic E-state index is 0.0679. The molecule has 2 aromatic heterocycles. The number of fused-ring (bicyclic) bond motifs is 1. The smallest absolute Gasteiger partial charge is 0.387 e. The fourth-order valence-corrected chi connectivity index (χ4v) is 4.71. The largest absolute Gasteiger partial charge is 0.435 e. The molecule has 2 heterocycles. The number of carbonyl (C=O) groups is 1. The number of thiophene rings is 1. The lowest BCUT2D eigenvalue weighted by Crippen LogP contribution is -2.31. The van der Waals surface area contributed by atoms with Crippen LogP contribution >= 0.6 is 11.3 Å². The summed E-state index contributed by atoms with van der Waals surface area (Å²) in [7, 11) is 0. The molecule has 0 aliphatic carbocycles. The van der Waals surface area contributed by atoms with Crippen molar-refractivity contribution in [2.75, 3.05) is 4.90 Å². The Morgan fingerprint density at radius 3 is 2.39 bits per heavy atom. The van der Waals surface area contributed by atoms with Gasteiger partial charge in [-0.2, -0.15) is 8.78 Å². The van der Waals surface area contributed by atoms with E-state index in [0.717, 1.165) is 15.3 Å². The monoisotopic (exact) mass is 505 g/mol. The highest BCUT2D eigenvalue weighted by Crippen LogP contribution is 2.32. The topological polar surface area (TPSA) is 55.3 Å². The zero-order valence-electron chi connectivity index (χ0n) is 18.6. The van der Waals surface area contributed by atoms with Crippen molar-refractivity contribution in [2.24, 2.45) is 0 Å². The van der Waals surface area contributed by atoms with Crippen LogP contribution in [0.15, 0.2) is 91.1 Å². The fraction of sp³-hybridized carbons (Fsp3) is 0.0741. The first kappa shape index (κ1) is 23.5. The zero-order chi connectivity index (χ0) is 25.1. The van der Waals surface area contributed by atoms with Crippen LogP contribution in [0.25, 0.3) is 21.5 Å². The Morgan fingerprint density at radius 1 is 0.917 bits per heavy atom. The molecule has 5 rings (SSSR count). The number of nitrogens with zero attached hydrogens (tertiary/aromatic N) is 3. The number of anilines is 1. The van der Waals surface area contributed by atoms with Crippen LogP contribution in [0.1, 0.15) is 15.4 Å². The van der Waals surface area contributed by atoms with Crippen LogP contribution in [0.5, 0.6) is 5.75 Å². The molecule has 1 amide bonds. The van der Waals surface area contributed by atoms with Gasteiger partial charge >= 0.3 is 6.61 Å². The third-order valence-corrected chi connectivity index (χ3v) is 6.51. The Morgan fingerprint density at radius 2 is 1.64 bits per heavy atom. The number of alkyl halides is 2. The van der Waals surface area contributed by atoms with Crippen LogP contribution < -0.4 is 9.64 Å². The zero-order valence-corrected chi connectivity index (χ0v) is 19.5. The highest BCUT2D eigenvalue weighted by Gasteiger charge is 2.23. The fourth-order valence-electron chi connectivity index (χ4n) is 3.71. The van der Waals surface area contributed by atoms with E-state index in [1.165, 1.54) is 46.7 Å². The lowest BCUT2D eigenvalue weighted by atomic mass is 10.2. The molecule has 0 spiro atoms. The van der Waals surface area contributed by atoms with Gasteiger partial charge in [-0.3, -0.25) is 14.7 Å². The number of ether oxygens (including phenoxy) is 1. The number of halogens is 3. The molecular formula is C27H18F3N3O2S. The Labute approximate surface area is 208 Å². The van der Waals surface area contributed by atoms with E-state index >= 15 is 0 Å². The summed E-state index contributed by atoms with van der Waals surface area (Å²) >= 11 is 1.41. The Bertz CT molecular complexity index is 1520. The second kappa shape index (κ2) is 10.2. The second-order valence-corrected chi connectivity index (χ2v) is 8.92. The molecular weight excluding hydrogens is 487 g/mol. The summed E-state index contributed by atoms with van der Waals surface area (Å²) in [6.45, 7) is -2.79. The molecule has 9 heteroatoms. The van der Waals surface area contributed by atoms with Crippen LogP contribution in [-0.4, -0.2) is 22.5 Å². The number of hydrogen-bond acceptors (Lipinski definition) is 5. The van der Waals surface area contributed by atoms with Gasteiger partial charge in [0.25, 0.3) is 5.91 Å². The molecule has 0 unspecified atom stereocenters. The van der Waals surface area contributed by atoms with Crippen LogP contribution in [0, 0.1) is 5.82 Å². The summed E-state index contributed by atoms with van der Waals surface area (Å²) < 4.78 is 44.0. The number of para-hydroxylation sites is 3. The lowest BCUT2D eigenvalue weighted by molar-refractivity contribution is -0.0498. The van der Waals surface area contributed by atoms with E-state index in [1.54, 1.807) is 42.5 Å². The molecule has 0 saturated heterocycles. The molecule has 180 valence electrons. The first-order chi connectivity index (χ1) is 17.5. The number of benzene rings is 3. The Kier molecular flexibility index (Phi) is 6.64. The first-order valence-electron chi connectivity index (χ1n) is 10.9. The van der Waals surface area contributed by atoms with Gasteiger partial charge < -0.3 is 4.74 Å². The van der Waals surface area contributed by atoms with E-state index in [4.69, 9.17) is 0 Å². The quantitative estimate of drug-likeness (QED) is 0.240. The number of carbonyl (C=O) groups excluding carboxylic acids is 1. The van der Waals surface area contributed by atoms with Gasteiger partial charge in [-0.15, -0.1) is 11.3 Å². The van der Waals surface area contributed by atoms with Gasteiger partial charge in [0.15, 0.2) is 0 Å². The molecule has 0 N–H and O–H groups in total. The molecule has 3 aromatic carbocycles. The third kappa shape index (κ3) is 5.06. The highest BCUT2D eigenvalue weighted by atomic mass is 32.1. The third-order valence-electron chi connectivity index (χ3n) is 5.40. The van der Waals surface area contributed by atoms with E-state index in [0.29, 0.717) is 11.0 Å². The molecule has 0 aliphatic heterocycles. The van der Waals surface area contributed by atoms with E-state index < -0.39 is 18.3 Å². The average Bonchev–Trinajstić information content (AvgIpc) is 3.36. The van der Waals surface area contributed by atoms with Crippen molar-refractivity contribution >= 4 is 34.0 Å². The van der Waals surface area contributed by atoms with Crippen LogP contribution in [0.2, 0.25) is 0 Å². The summed E-state index contributed by atoms with van der Waals surface area (Å²) in [5.41, 5.74) is 2.25. The molecule has 0 fully saturated rings. The van der Waals surface area contributed by atoms with Gasteiger partial charge in [0, 0.05) is 9.75 Å². The number of amides is 1. The second-order valence-electron chi connectivity index (χ2n) is 7.76. The van der Waals surface area contributed by atoms with Crippen molar-refractivity contribution in [1.29, 1.82) is 0 Å². The molecule has 5 aromatic rings. The summed E-state index contributed by atoms with van der Waals surface area (Å²) in [6, 6.07) is 23.2. The summed E-state index contributed by atoms with van der Waals surface area (Å²) in [5.74, 6) is -0.953. The highest BCUT2D eigenvalue weighted by molar-refractivity contribution is 7.15. The molecule has 5 nitrogen and oxygen atoms in total. The van der Waals surface area contributed by atoms with Crippen molar-refractivity contribution in [1.82, 2.24) is 9.97 Å².